The average molecular weight is 630 g/mol. The smallest absolute Gasteiger partial charge is 0.277 e. The molecule has 2 N–H and O–H groups in total. The summed E-state index contributed by atoms with van der Waals surface area (Å²) in [6.07, 6.45) is 1.84. The Morgan fingerprint density at radius 3 is 2.17 bits per heavy atom. The number of ether oxygens (including phenoxy) is 1. The maximum atomic E-state index is 11.7. The fraction of sp³-hybridized carbons (Fsp3) is 0.500. The van der Waals surface area contributed by atoms with Crippen LogP contribution in [-0.4, -0.2) is 65.2 Å². The lowest BCUT2D eigenvalue weighted by molar-refractivity contribution is 0.122. The Morgan fingerprint density at radius 1 is 0.943 bits per heavy atom. The first-order valence-corrected chi connectivity index (χ1v) is 17.4. The first kappa shape index (κ1) is 25.4. The van der Waals surface area contributed by atoms with Gasteiger partial charge in [0.25, 0.3) is 10.2 Å². The highest BCUT2D eigenvalue weighted by molar-refractivity contribution is 14.2. The highest BCUT2D eigenvalue weighted by atomic mass is 127. The summed E-state index contributed by atoms with van der Waals surface area (Å²) < 4.78 is 31.7. The fourth-order valence-electron chi connectivity index (χ4n) is 4.98. The maximum absolute atomic E-state index is 11.7. The van der Waals surface area contributed by atoms with E-state index in [2.05, 4.69) is 69.1 Å². The van der Waals surface area contributed by atoms with Gasteiger partial charge in [-0.1, -0.05) is 21.5 Å². The first-order chi connectivity index (χ1) is 16.8. The number of nitrogens with zero attached hydrogens (tertiary/aromatic N) is 4. The van der Waals surface area contributed by atoms with Gasteiger partial charge >= 0.3 is 0 Å². The third kappa shape index (κ3) is 4.99. The third-order valence-corrected chi connectivity index (χ3v) is 12.3. The van der Waals surface area contributed by atoms with Crippen LogP contribution in [0.25, 0.3) is 0 Å². The topological polar surface area (TPSA) is 91.5 Å². The Bertz CT molecular complexity index is 1370. The monoisotopic (exact) mass is 629 g/mol. The average Bonchev–Trinajstić information content (AvgIpc) is 2.88. The van der Waals surface area contributed by atoms with Crippen molar-refractivity contribution >= 4 is 56.1 Å². The molecule has 3 heterocycles. The lowest BCUT2D eigenvalue weighted by atomic mass is 10.1. The third-order valence-electron chi connectivity index (χ3n) is 6.99. The summed E-state index contributed by atoms with van der Waals surface area (Å²) in [5.41, 5.74) is 6.06. The van der Waals surface area contributed by atoms with Gasteiger partial charge in [0.15, 0.2) is 0 Å². The molecule has 0 radical (unpaired) electrons. The van der Waals surface area contributed by atoms with Crippen LogP contribution >= 0.6 is 28.9 Å². The number of aryl methyl sites for hydroxylation is 2. The maximum Gasteiger partial charge on any atom is 0.277 e. The number of hydrogen-bond donors (Lipinski definition) is 1. The molecule has 1 atom stereocenters. The molecular formula is C24H32IN5O3S2. The van der Waals surface area contributed by atoms with Crippen LogP contribution in [0.2, 0.25) is 0 Å². The second-order valence-corrected chi connectivity index (χ2v) is 14.6. The molecule has 2 aromatic rings. The number of anilines is 2. The highest BCUT2D eigenvalue weighted by Gasteiger charge is 2.26. The van der Waals surface area contributed by atoms with Crippen molar-refractivity contribution in [1.29, 1.82) is 0 Å². The van der Waals surface area contributed by atoms with Crippen molar-refractivity contribution in [1.82, 2.24) is 4.31 Å². The zero-order chi connectivity index (χ0) is 24.7. The fourth-order valence-corrected chi connectivity index (χ4v) is 9.05. The molecule has 0 amide bonds. The summed E-state index contributed by atoms with van der Waals surface area (Å²) in [7, 11) is -3.79. The molecule has 2 saturated heterocycles. The Labute approximate surface area is 221 Å². The summed E-state index contributed by atoms with van der Waals surface area (Å²) in [5, 5.41) is 6.48. The molecule has 1 unspecified atom stereocenters. The zero-order valence-corrected chi connectivity index (χ0v) is 24.0. The minimum Gasteiger partial charge on any atom is -0.378 e. The molecule has 0 aromatic heterocycles. The van der Waals surface area contributed by atoms with Crippen molar-refractivity contribution in [2.45, 2.75) is 31.6 Å². The SMILES string of the molecule is CCc1cc(N2CCN(S(N)(=O)=O)CC2)cc2c1N=c1c(CC)cc(N3CCOCC3)cc1=S2I. The molecule has 0 bridgehead atoms. The van der Waals surface area contributed by atoms with Gasteiger partial charge in [-0.2, -0.15) is 12.7 Å². The summed E-state index contributed by atoms with van der Waals surface area (Å²) >= 11 is 2.60. The molecule has 2 fully saturated rings. The minimum absolute atomic E-state index is 0.149. The van der Waals surface area contributed by atoms with Crippen molar-refractivity contribution in [2.75, 3.05) is 62.3 Å². The van der Waals surface area contributed by atoms with E-state index in [-0.39, 0.29) is 7.66 Å². The van der Waals surface area contributed by atoms with Gasteiger partial charge in [-0.05, 0) is 69.4 Å². The first-order valence-electron chi connectivity index (χ1n) is 12.1. The Morgan fingerprint density at radius 2 is 1.54 bits per heavy atom. The molecule has 11 heteroatoms. The second kappa shape index (κ2) is 10.3. The van der Waals surface area contributed by atoms with Crippen molar-refractivity contribution in [3.05, 3.63) is 45.3 Å². The van der Waals surface area contributed by atoms with Crippen LogP contribution in [0.4, 0.5) is 17.1 Å². The number of halogens is 1. The van der Waals surface area contributed by atoms with Crippen molar-refractivity contribution in [3.8, 4) is 0 Å². The molecule has 3 aliphatic rings. The lowest BCUT2D eigenvalue weighted by Crippen LogP contribution is -2.50. The molecule has 2 aromatic carbocycles. The molecular weight excluding hydrogens is 597 g/mol. The van der Waals surface area contributed by atoms with Gasteiger partial charge < -0.3 is 14.5 Å². The number of nitrogens with two attached hydrogens (primary N) is 1. The molecule has 0 aliphatic carbocycles. The van der Waals surface area contributed by atoms with E-state index < -0.39 is 10.2 Å². The quantitative estimate of drug-likeness (QED) is 0.406. The number of hydrogen-bond acceptors (Lipinski definition) is 6. The summed E-state index contributed by atoms with van der Waals surface area (Å²) in [6.45, 7) is 9.82. The van der Waals surface area contributed by atoms with Gasteiger partial charge in [0.2, 0.25) is 0 Å². The van der Waals surface area contributed by atoms with Crippen LogP contribution in [-0.2, 0) is 27.8 Å². The molecule has 35 heavy (non-hydrogen) atoms. The Kier molecular flexibility index (Phi) is 7.44. The van der Waals surface area contributed by atoms with E-state index >= 15 is 0 Å². The van der Waals surface area contributed by atoms with Crippen molar-refractivity contribution < 1.29 is 13.2 Å². The van der Waals surface area contributed by atoms with E-state index in [1.165, 1.54) is 30.5 Å². The number of piperazine rings is 1. The van der Waals surface area contributed by atoms with E-state index in [4.69, 9.17) is 14.9 Å². The molecule has 3 aliphatic heterocycles. The van der Waals surface area contributed by atoms with Gasteiger partial charge in [0.05, 0.1) is 24.3 Å². The van der Waals surface area contributed by atoms with Crippen LogP contribution in [0.5, 0.6) is 0 Å². The standard InChI is InChI=1S/C24H32IN5O3S2/c1-3-17-13-19(28-5-7-30(8-6-28)35(26,31)32)15-21-23(17)27-24-18(4-2)14-20(16-22(24)34(21)25)29-9-11-33-12-10-29/h13-16H,3-12H2,1-2H3,(H2,26,31,32). The van der Waals surface area contributed by atoms with Crippen LogP contribution in [0, 0.1) is 4.51 Å². The highest BCUT2D eigenvalue weighted by Crippen LogP contribution is 2.48. The van der Waals surface area contributed by atoms with E-state index in [0.29, 0.717) is 26.2 Å². The van der Waals surface area contributed by atoms with E-state index in [0.717, 1.165) is 55.9 Å². The van der Waals surface area contributed by atoms with Gasteiger partial charge in [-0.3, -0.25) is 0 Å². The van der Waals surface area contributed by atoms with E-state index in [1.54, 1.807) is 0 Å². The summed E-state index contributed by atoms with van der Waals surface area (Å²) in [5.74, 6) is 0. The van der Waals surface area contributed by atoms with E-state index in [9.17, 15) is 8.42 Å². The number of morpholine rings is 1. The van der Waals surface area contributed by atoms with Gasteiger partial charge in [0, 0.05) is 60.0 Å². The predicted molar refractivity (Wildman–Crippen MR) is 151 cm³/mol. The number of benzene rings is 2. The van der Waals surface area contributed by atoms with Crippen LogP contribution in [0.15, 0.2) is 34.2 Å². The number of fused-ring (bicyclic) bond motifs is 2. The normalized spacial score (nSPS) is 20.9. The molecule has 5 rings (SSSR count). The van der Waals surface area contributed by atoms with Gasteiger partial charge in [0.1, 0.15) is 0 Å². The van der Waals surface area contributed by atoms with Crippen LogP contribution in [0.1, 0.15) is 25.0 Å². The van der Waals surface area contributed by atoms with Crippen LogP contribution in [0.3, 0.4) is 0 Å². The predicted octanol–water partition coefficient (Wildman–Crippen LogP) is 3.17. The number of rotatable bonds is 5. The molecule has 8 nitrogen and oxygen atoms in total. The van der Waals surface area contributed by atoms with Gasteiger partial charge in [-0.15, -0.1) is 0 Å². The minimum atomic E-state index is -3.64. The Balaban J connectivity index is 1.58. The largest absolute Gasteiger partial charge is 0.378 e. The Hall–Kier alpha value is -1.25. The zero-order valence-electron chi connectivity index (χ0n) is 20.2. The van der Waals surface area contributed by atoms with Crippen LogP contribution < -0.4 is 20.3 Å². The van der Waals surface area contributed by atoms with Crippen molar-refractivity contribution in [3.63, 3.8) is 0 Å². The lowest BCUT2D eigenvalue weighted by Gasteiger charge is -2.35. The molecule has 0 spiro atoms. The second-order valence-electron chi connectivity index (χ2n) is 9.01. The molecule has 0 saturated carbocycles. The summed E-state index contributed by atoms with van der Waals surface area (Å²) in [4.78, 5) is 11.2. The van der Waals surface area contributed by atoms with Gasteiger partial charge in [-0.25, -0.2) is 10.1 Å². The van der Waals surface area contributed by atoms with E-state index in [1.807, 2.05) is 0 Å². The summed E-state index contributed by atoms with van der Waals surface area (Å²) in [6, 6.07) is 9.17. The molecule has 190 valence electrons. The van der Waals surface area contributed by atoms with Crippen molar-refractivity contribution in [2.24, 2.45) is 10.1 Å².